The number of hydrogen-bond acceptors (Lipinski definition) is 33. The highest BCUT2D eigenvalue weighted by Crippen LogP contribution is 2.43. The fourth-order valence-electron chi connectivity index (χ4n) is 9.50. The lowest BCUT2D eigenvalue weighted by Gasteiger charge is -2.35. The van der Waals surface area contributed by atoms with E-state index in [2.05, 4.69) is 10.1 Å². The maximum absolute atomic E-state index is 12.2. The lowest BCUT2D eigenvalue weighted by atomic mass is 10.00. The van der Waals surface area contributed by atoms with Crippen LogP contribution in [0.4, 0.5) is 36.1 Å². The highest BCUT2D eigenvalue weighted by Gasteiger charge is 2.42. The Kier molecular flexibility index (Phi) is 46.6. The van der Waals surface area contributed by atoms with E-state index in [9.17, 15) is 95.4 Å². The molecule has 1 fully saturated rings. The number of carbonyl (C=O) groups is 7. The summed E-state index contributed by atoms with van der Waals surface area (Å²) in [6, 6.07) is 14.2. The van der Waals surface area contributed by atoms with Crippen LogP contribution >= 0.6 is 102 Å². The monoisotopic (exact) mass is 2010 g/mol. The normalized spacial score (nSPS) is 12.0. The summed E-state index contributed by atoms with van der Waals surface area (Å²) in [6.45, 7) is 34.5. The molecule has 1 atom stereocenters. The number of alkyl halides is 6. The molecule has 16 N–H and O–H groups in total. The van der Waals surface area contributed by atoms with E-state index in [1.807, 2.05) is 96.0 Å². The van der Waals surface area contributed by atoms with Crippen molar-refractivity contribution in [3.8, 4) is 46.0 Å². The molecule has 33 nitrogen and oxygen atoms in total. The molecule has 0 spiro atoms. The molecular formula is C75H101F6N9O24S12. The third kappa shape index (κ3) is 39.7. The number of thiophene rings is 9. The number of rotatable bonds is 27. The van der Waals surface area contributed by atoms with Gasteiger partial charge in [0.2, 0.25) is 20.0 Å². The Labute approximate surface area is 761 Å². The number of ether oxygens (including phenoxy) is 9. The summed E-state index contributed by atoms with van der Waals surface area (Å²) in [5.41, 5.74) is 18.1. The Morgan fingerprint density at radius 3 is 1.12 bits per heavy atom. The molecule has 51 heteroatoms. The number of hydrogen-bond donors (Lipinski definition) is 11. The van der Waals surface area contributed by atoms with Gasteiger partial charge >= 0.3 is 18.6 Å². The van der Waals surface area contributed by atoms with Crippen molar-refractivity contribution in [2.24, 2.45) is 28.1 Å². The molecule has 0 aliphatic carbocycles. The van der Waals surface area contributed by atoms with Gasteiger partial charge in [0.05, 0.1) is 93.4 Å². The maximum atomic E-state index is 12.2. The standard InChI is InChI=1S/C10H15NO4S2.C9H13NO4S2.C9H12O3S.C9H14O2S.C8H12N2O4S2.C8H12N2O2S.C8H11NO2S.C7H6F3NO2S.C7H6F3NOS/c1-4-15-8-6-7(3)16-9(8)10(12)11-17(13,14)5-2;1-4-14-7-5-6(2)15-8(7)9(11)10-16(3,12)13;1-6-3-7(11-2)8(13-6)9(10)4-12-5-9;1-4-11-8-5-6(2)12-9(8)7(3)10;1-3-14-6-4-5(2)15-7(6)8(11)10-16(9,12)13;1-3-12-6-4-5(2)13-7(6)10-8(9)11;1-3-11-6-4-5(2)12-7(6)8(9)10;1-3-2-4(13-7(8,9)10)5(14-3)6(11)12;1-3-2-4(7(8,9)10)5(13-3)6(11)12/h6H,4-5H2,1-3H3,(H,11,12);5H,4H2,1-3H3,(H,10,11);3,10H,4-5H2,1-2H3;5,7,10H,4H2,1-3H3;4H,3H2,1-2H3,(H,10,11)(H2,9,12,13);4H,3H2,1-2H3,(H3,9,10,11);4H,3H2,1-2H3,(H2,9,10);2H,1H3,(H2,11,12);2H,1H3,(H2,11,12). The highest BCUT2D eigenvalue weighted by molar-refractivity contribution is 7.90. The highest BCUT2D eigenvalue weighted by atomic mass is 32.2. The number of amides is 8. The minimum Gasteiger partial charge on any atom is -0.495 e. The zero-order chi connectivity index (χ0) is 96.5. The number of sulfonamides is 2. The summed E-state index contributed by atoms with van der Waals surface area (Å²) in [6.07, 6.45) is -8.80. The molecule has 1 aliphatic rings. The van der Waals surface area contributed by atoms with Gasteiger partial charge in [-0.1, -0.05) is 0 Å². The minimum absolute atomic E-state index is 0.132. The molecule has 8 amide bonds. The van der Waals surface area contributed by atoms with Crippen LogP contribution in [0.15, 0.2) is 54.6 Å². The average molecular weight is 2010 g/mol. The molecule has 0 aromatic carbocycles. The van der Waals surface area contributed by atoms with Crippen molar-refractivity contribution >= 4 is 179 Å². The van der Waals surface area contributed by atoms with Crippen LogP contribution in [0.5, 0.6) is 46.0 Å². The first-order chi connectivity index (χ1) is 58.2. The first-order valence-electron chi connectivity index (χ1n) is 36.7. The predicted molar refractivity (Wildman–Crippen MR) is 481 cm³/mol. The number of methoxy groups -OCH3 is 1. The SMILES string of the molecule is CCOc1cc(C)sc1C(=O)NS(=O)(=O)CC.CCOc1cc(C)sc1C(=O)NS(C)(=O)=O.CCOc1cc(C)sc1C(=O)NS(N)(=O)=O.CCOc1cc(C)sc1C(C)O.CCOc1cc(C)sc1C(N)=O.CCOc1cc(C)sc1NC(N)=O.COc1cc(C)sc1C1(O)COC1.Cc1cc(C(F)(F)F)c(C(N)=O)s1.Cc1cc(OC(F)(F)F)c(C(N)=O)s1. The van der Waals surface area contributed by atoms with Crippen LogP contribution in [0.25, 0.3) is 0 Å². The number of nitrogens with two attached hydrogens (primary N) is 5. The van der Waals surface area contributed by atoms with Crippen LogP contribution in [-0.2, 0) is 46.8 Å². The molecule has 0 radical (unpaired) electrons. The number of primary amides is 4. The van der Waals surface area contributed by atoms with Gasteiger partial charge in [0.15, 0.2) is 11.5 Å². The number of aliphatic hydroxyl groups excluding tert-OH is 1. The van der Waals surface area contributed by atoms with E-state index in [0.29, 0.717) is 106 Å². The molecule has 0 saturated carbocycles. The van der Waals surface area contributed by atoms with Crippen LogP contribution in [0.2, 0.25) is 0 Å². The zero-order valence-corrected chi connectivity index (χ0v) is 81.4. The van der Waals surface area contributed by atoms with E-state index in [4.69, 9.17) is 66.0 Å². The third-order valence-electron chi connectivity index (χ3n) is 14.2. The van der Waals surface area contributed by atoms with E-state index in [1.165, 1.54) is 64.1 Å². The Balaban J connectivity index is 0.000000481. The van der Waals surface area contributed by atoms with Crippen LogP contribution < -0.4 is 85.5 Å². The van der Waals surface area contributed by atoms with Crippen molar-refractivity contribution in [1.29, 1.82) is 0 Å². The predicted octanol–water partition coefficient (Wildman–Crippen LogP) is 14.6. The largest absolute Gasteiger partial charge is 0.573 e. The Hall–Kier alpha value is -8.94. The van der Waals surface area contributed by atoms with E-state index in [0.717, 1.165) is 103 Å². The van der Waals surface area contributed by atoms with Crippen LogP contribution in [0.3, 0.4) is 0 Å². The van der Waals surface area contributed by atoms with Gasteiger partial charge in [-0.25, -0.2) is 40.9 Å². The van der Waals surface area contributed by atoms with Gasteiger partial charge in [-0.05, 0) is 172 Å². The number of aryl methyl sites for hydroxylation is 9. The molecule has 0 bridgehead atoms. The number of aliphatic hydroxyl groups is 2. The second-order valence-electron chi connectivity index (χ2n) is 25.2. The lowest BCUT2D eigenvalue weighted by Crippen LogP contribution is -2.46. The van der Waals surface area contributed by atoms with Crippen molar-refractivity contribution in [1.82, 2.24) is 14.2 Å². The zero-order valence-electron chi connectivity index (χ0n) is 71.6. The van der Waals surface area contributed by atoms with Gasteiger partial charge in [-0.15, -0.1) is 115 Å². The van der Waals surface area contributed by atoms with Crippen LogP contribution in [0.1, 0.15) is 179 Å². The summed E-state index contributed by atoms with van der Waals surface area (Å²) in [5, 5.41) is 27.3. The smallest absolute Gasteiger partial charge is 0.495 e. The summed E-state index contributed by atoms with van der Waals surface area (Å²) in [4.78, 5) is 88.1. The lowest BCUT2D eigenvalue weighted by molar-refractivity contribution is -0.274. The molecule has 9 aromatic rings. The number of anilines is 1. The summed E-state index contributed by atoms with van der Waals surface area (Å²) in [7, 11) is -9.50. The van der Waals surface area contributed by atoms with Gasteiger partial charge in [0, 0.05) is 43.9 Å². The molecular weight excluding hydrogens is 1910 g/mol. The van der Waals surface area contributed by atoms with Crippen molar-refractivity contribution < 1.29 is 138 Å². The van der Waals surface area contributed by atoms with Crippen molar-refractivity contribution in [2.45, 2.75) is 142 Å². The van der Waals surface area contributed by atoms with E-state index in [1.54, 1.807) is 94.2 Å². The number of carbonyl (C=O) groups excluding carboxylic acids is 7. The van der Waals surface area contributed by atoms with Crippen LogP contribution in [-0.4, -0.2) is 155 Å². The van der Waals surface area contributed by atoms with Gasteiger partial charge in [-0.2, -0.15) is 21.6 Å². The topological polar surface area (TPSA) is 524 Å². The van der Waals surface area contributed by atoms with E-state index >= 15 is 0 Å². The molecule has 1 unspecified atom stereocenters. The summed E-state index contributed by atoms with van der Waals surface area (Å²) < 4.78 is 189. The molecule has 9 aromatic heterocycles. The molecule has 1 aliphatic heterocycles. The summed E-state index contributed by atoms with van der Waals surface area (Å²) in [5.74, 6) is -0.999. The molecule has 704 valence electrons. The maximum Gasteiger partial charge on any atom is 0.573 e. The van der Waals surface area contributed by atoms with Gasteiger partial charge in [0.1, 0.15) is 74.4 Å². The molecule has 10 rings (SSSR count). The third-order valence-corrected chi connectivity index (χ3v) is 26.1. The second kappa shape index (κ2) is 51.9. The first kappa shape index (κ1) is 113. The van der Waals surface area contributed by atoms with E-state index < -0.39 is 112 Å². The number of urea groups is 1. The van der Waals surface area contributed by atoms with Crippen molar-refractivity contribution in [3.63, 3.8) is 0 Å². The quantitative estimate of drug-likeness (QED) is 0.0213. The number of nitrogens with one attached hydrogen (secondary N) is 4. The molecule has 1 saturated heterocycles. The van der Waals surface area contributed by atoms with Gasteiger partial charge in [-0.3, -0.25) is 34.1 Å². The van der Waals surface area contributed by atoms with Crippen LogP contribution in [0, 0.1) is 62.3 Å². The molecule has 126 heavy (non-hydrogen) atoms. The second-order valence-corrected chi connectivity index (χ2v) is 41.6. The Morgan fingerprint density at radius 2 is 0.778 bits per heavy atom. The Morgan fingerprint density at radius 1 is 0.460 bits per heavy atom. The van der Waals surface area contributed by atoms with Gasteiger partial charge in [0.25, 0.3) is 45.7 Å². The van der Waals surface area contributed by atoms with Crippen molar-refractivity contribution in [2.75, 3.05) is 77.3 Å². The fourth-order valence-corrected chi connectivity index (χ4v) is 18.8. The Bertz CT molecular complexity index is 5350. The van der Waals surface area contributed by atoms with Crippen molar-refractivity contribution in [3.05, 3.63) is 143 Å². The van der Waals surface area contributed by atoms with E-state index in [-0.39, 0.29) is 20.4 Å². The molecule has 10 heterocycles. The first-order valence-corrected chi connectivity index (χ1v) is 49.1. The minimum atomic E-state index is -4.81. The summed E-state index contributed by atoms with van der Waals surface area (Å²) >= 11 is 11.1. The fraction of sp³-hybridized carbons (Fsp3) is 0.427. The number of halogens is 6. The average Bonchev–Trinajstić information content (AvgIpc) is 1.60. The van der Waals surface area contributed by atoms with Gasteiger partial charge < -0.3 is 75.8 Å².